The van der Waals surface area contributed by atoms with E-state index >= 15 is 0 Å². The Morgan fingerprint density at radius 3 is 2.39 bits per heavy atom. The van der Waals surface area contributed by atoms with E-state index in [4.69, 9.17) is 9.47 Å². The lowest BCUT2D eigenvalue weighted by Gasteiger charge is -2.12. The monoisotopic (exact) mass is 438 g/mol. The topological polar surface area (TPSA) is 102 Å². The predicted octanol–water partition coefficient (Wildman–Crippen LogP) is 5.00. The van der Waals surface area contributed by atoms with Crippen LogP contribution in [-0.4, -0.2) is 23.7 Å². The second-order valence-electron chi connectivity index (χ2n) is 7.31. The molecule has 8 nitrogen and oxygen atoms in total. The highest BCUT2D eigenvalue weighted by molar-refractivity contribution is 7.17. The van der Waals surface area contributed by atoms with Crippen molar-refractivity contribution in [3.05, 3.63) is 57.6 Å². The number of carbonyl (C=O) groups excluding carboxylic acids is 2. The van der Waals surface area contributed by atoms with E-state index in [1.165, 1.54) is 0 Å². The Morgan fingerprint density at radius 1 is 0.935 bits per heavy atom. The van der Waals surface area contributed by atoms with Crippen molar-refractivity contribution >= 4 is 39.8 Å². The molecule has 0 radical (unpaired) electrons. The number of nitrogens with one attached hydrogen (secondary N) is 3. The molecule has 3 amide bonds. The lowest BCUT2D eigenvalue weighted by molar-refractivity contribution is 0.102. The smallest absolute Gasteiger partial charge is 0.325 e. The summed E-state index contributed by atoms with van der Waals surface area (Å²) >= 11 is 1.12. The number of amides is 3. The fourth-order valence-electron chi connectivity index (χ4n) is 3.44. The molecule has 1 aromatic heterocycles. The first-order chi connectivity index (χ1) is 14.8. The van der Waals surface area contributed by atoms with E-state index in [2.05, 4.69) is 20.9 Å². The maximum absolute atomic E-state index is 12.8. The molecule has 1 aliphatic heterocycles. The summed E-state index contributed by atoms with van der Waals surface area (Å²) in [6.07, 6.45) is 0. The van der Waals surface area contributed by atoms with Crippen LogP contribution in [0.3, 0.4) is 0 Å². The lowest BCUT2D eigenvalue weighted by Crippen LogP contribution is -2.19. The summed E-state index contributed by atoms with van der Waals surface area (Å²) < 4.78 is 10.6. The van der Waals surface area contributed by atoms with E-state index in [1.54, 1.807) is 25.1 Å². The van der Waals surface area contributed by atoms with Crippen molar-refractivity contribution in [1.29, 1.82) is 0 Å². The number of aryl methyl sites for hydroxylation is 4. The van der Waals surface area contributed by atoms with E-state index in [-0.39, 0.29) is 12.7 Å². The Labute approximate surface area is 183 Å². The number of ether oxygens (including phenoxy) is 2. The van der Waals surface area contributed by atoms with Gasteiger partial charge in [0.2, 0.25) is 6.79 Å². The molecule has 0 bridgehead atoms. The Balaban J connectivity index is 1.43. The largest absolute Gasteiger partial charge is 0.454 e. The molecule has 0 saturated heterocycles. The molecule has 1 aliphatic rings. The zero-order chi connectivity index (χ0) is 22.1. The number of urea groups is 1. The Hall–Kier alpha value is -3.59. The van der Waals surface area contributed by atoms with Crippen LogP contribution >= 0.6 is 11.3 Å². The number of hydrogen-bond donors (Lipinski definition) is 3. The molecule has 3 aromatic rings. The summed E-state index contributed by atoms with van der Waals surface area (Å²) in [5, 5.41) is 8.69. The van der Waals surface area contributed by atoms with Crippen LogP contribution in [0.4, 0.5) is 21.3 Å². The first-order valence-electron chi connectivity index (χ1n) is 9.64. The number of thiazole rings is 1. The fourth-order valence-corrected chi connectivity index (χ4v) is 4.30. The van der Waals surface area contributed by atoms with E-state index in [0.29, 0.717) is 32.9 Å². The minimum atomic E-state index is -0.468. The molecule has 0 fully saturated rings. The maximum atomic E-state index is 12.8. The number of benzene rings is 2. The molecule has 0 atom stereocenters. The molecule has 0 aliphatic carbocycles. The quantitative estimate of drug-likeness (QED) is 0.532. The molecule has 0 unspecified atom stereocenters. The number of carbonyl (C=O) groups is 2. The molecule has 9 heteroatoms. The van der Waals surface area contributed by atoms with Gasteiger partial charge in [0.05, 0.1) is 5.69 Å². The van der Waals surface area contributed by atoms with E-state index in [9.17, 15) is 9.59 Å². The Morgan fingerprint density at radius 2 is 1.65 bits per heavy atom. The average molecular weight is 439 g/mol. The van der Waals surface area contributed by atoms with Crippen molar-refractivity contribution in [3.8, 4) is 11.5 Å². The molecule has 4 rings (SSSR count). The molecule has 160 valence electrons. The van der Waals surface area contributed by atoms with Crippen LogP contribution < -0.4 is 25.4 Å². The predicted molar refractivity (Wildman–Crippen MR) is 121 cm³/mol. The summed E-state index contributed by atoms with van der Waals surface area (Å²) in [5.41, 5.74) is 5.02. The summed E-state index contributed by atoms with van der Waals surface area (Å²) in [6, 6.07) is 8.70. The number of fused-ring (bicyclic) bond motifs is 1. The Bertz CT molecular complexity index is 1170. The summed E-state index contributed by atoms with van der Waals surface area (Å²) in [7, 11) is 0. The molecule has 31 heavy (non-hydrogen) atoms. The zero-order valence-electron chi connectivity index (χ0n) is 17.6. The van der Waals surface area contributed by atoms with Gasteiger partial charge in [0.1, 0.15) is 4.88 Å². The number of rotatable bonds is 4. The van der Waals surface area contributed by atoms with Crippen LogP contribution in [0.5, 0.6) is 11.5 Å². The first-order valence-corrected chi connectivity index (χ1v) is 10.5. The van der Waals surface area contributed by atoms with Crippen LogP contribution in [0.15, 0.2) is 30.3 Å². The molecule has 2 aromatic carbocycles. The van der Waals surface area contributed by atoms with Gasteiger partial charge < -0.3 is 20.1 Å². The van der Waals surface area contributed by atoms with Crippen molar-refractivity contribution in [2.45, 2.75) is 27.7 Å². The normalized spacial score (nSPS) is 11.9. The van der Waals surface area contributed by atoms with Gasteiger partial charge in [0.25, 0.3) is 5.91 Å². The van der Waals surface area contributed by atoms with E-state index in [1.807, 2.05) is 32.9 Å². The van der Waals surface area contributed by atoms with Gasteiger partial charge in [-0.1, -0.05) is 29.0 Å². The lowest BCUT2D eigenvalue weighted by atomic mass is 10.1. The molecule has 0 saturated carbocycles. The minimum absolute atomic E-state index is 0.163. The number of hydrogen-bond acceptors (Lipinski definition) is 6. The molecule has 2 heterocycles. The SMILES string of the molecule is Cc1cc(C)c(NC(=O)c2sc(NC(=O)Nc3ccc4c(c3)OCO4)nc2C)c(C)c1. The van der Waals surface area contributed by atoms with Crippen LogP contribution in [0.1, 0.15) is 32.1 Å². The minimum Gasteiger partial charge on any atom is -0.454 e. The zero-order valence-corrected chi connectivity index (χ0v) is 18.4. The van der Waals surface area contributed by atoms with Gasteiger partial charge in [-0.05, 0) is 51.0 Å². The van der Waals surface area contributed by atoms with Crippen molar-refractivity contribution in [3.63, 3.8) is 0 Å². The molecule has 0 spiro atoms. The standard InChI is InChI=1S/C22H22N4O4S/c1-11-7-12(2)18(13(3)8-11)25-20(27)19-14(4)23-22(31-19)26-21(28)24-15-5-6-16-17(9-15)30-10-29-16/h5-9H,10H2,1-4H3,(H,25,27)(H2,23,24,26,28). The van der Waals surface area contributed by atoms with Gasteiger partial charge in [0, 0.05) is 17.4 Å². The number of anilines is 3. The van der Waals surface area contributed by atoms with Gasteiger partial charge in [0.15, 0.2) is 16.6 Å². The highest BCUT2D eigenvalue weighted by Crippen LogP contribution is 2.34. The van der Waals surface area contributed by atoms with Crippen molar-refractivity contribution in [2.75, 3.05) is 22.7 Å². The summed E-state index contributed by atoms with van der Waals surface area (Å²) in [4.78, 5) is 29.9. The molecule has 3 N–H and O–H groups in total. The van der Waals surface area contributed by atoms with Crippen LogP contribution in [0, 0.1) is 27.7 Å². The number of aromatic nitrogens is 1. The van der Waals surface area contributed by atoms with Crippen LogP contribution in [0.25, 0.3) is 0 Å². The highest BCUT2D eigenvalue weighted by Gasteiger charge is 2.19. The van der Waals surface area contributed by atoms with Gasteiger partial charge >= 0.3 is 6.03 Å². The van der Waals surface area contributed by atoms with Gasteiger partial charge in [-0.15, -0.1) is 0 Å². The third kappa shape index (κ3) is 4.46. The maximum Gasteiger partial charge on any atom is 0.325 e. The van der Waals surface area contributed by atoms with Gasteiger partial charge in [-0.3, -0.25) is 10.1 Å². The summed E-state index contributed by atoms with van der Waals surface area (Å²) in [5.74, 6) is 0.953. The highest BCUT2D eigenvalue weighted by atomic mass is 32.1. The third-order valence-electron chi connectivity index (χ3n) is 4.77. The van der Waals surface area contributed by atoms with Crippen molar-refractivity contribution in [1.82, 2.24) is 4.98 Å². The molecular formula is C22H22N4O4S. The second kappa shape index (κ2) is 8.27. The molecular weight excluding hydrogens is 416 g/mol. The third-order valence-corrected chi connectivity index (χ3v) is 5.84. The number of nitrogens with zero attached hydrogens (tertiary/aromatic N) is 1. The fraction of sp³-hybridized carbons (Fsp3) is 0.227. The van der Waals surface area contributed by atoms with Crippen LogP contribution in [0.2, 0.25) is 0 Å². The van der Waals surface area contributed by atoms with Gasteiger partial charge in [-0.2, -0.15) is 0 Å². The van der Waals surface area contributed by atoms with Crippen LogP contribution in [-0.2, 0) is 0 Å². The average Bonchev–Trinajstić information content (AvgIpc) is 3.30. The van der Waals surface area contributed by atoms with Crippen molar-refractivity contribution < 1.29 is 19.1 Å². The van der Waals surface area contributed by atoms with Crippen molar-refractivity contribution in [2.24, 2.45) is 0 Å². The van der Waals surface area contributed by atoms with E-state index in [0.717, 1.165) is 33.7 Å². The second-order valence-corrected chi connectivity index (χ2v) is 8.31. The van der Waals surface area contributed by atoms with Gasteiger partial charge in [-0.25, -0.2) is 9.78 Å². The summed E-state index contributed by atoms with van der Waals surface area (Å²) in [6.45, 7) is 7.84. The Kier molecular flexibility index (Phi) is 5.51. The first kappa shape index (κ1) is 20.7. The van der Waals surface area contributed by atoms with E-state index < -0.39 is 6.03 Å².